The largest absolute Gasteiger partial charge is 0.492 e. The highest BCUT2D eigenvalue weighted by Crippen LogP contribution is 2.31. The van der Waals surface area contributed by atoms with Crippen molar-refractivity contribution in [2.75, 3.05) is 6.61 Å². The van der Waals surface area contributed by atoms with Gasteiger partial charge in [-0.15, -0.1) is 0 Å². The average molecular weight is 257 g/mol. The van der Waals surface area contributed by atoms with E-state index in [1.54, 1.807) is 18.2 Å². The number of halogens is 1. The molecule has 0 saturated carbocycles. The Morgan fingerprint density at radius 3 is 2.53 bits per heavy atom. The van der Waals surface area contributed by atoms with Gasteiger partial charge in [0, 0.05) is 0 Å². The summed E-state index contributed by atoms with van der Waals surface area (Å²) in [6.07, 6.45) is 0. The van der Waals surface area contributed by atoms with E-state index in [2.05, 4.69) is 0 Å². The third-order valence-corrected chi connectivity index (χ3v) is 2.84. The zero-order valence-corrected chi connectivity index (χ0v) is 11.0. The van der Waals surface area contributed by atoms with Gasteiger partial charge >= 0.3 is 5.97 Å². The van der Waals surface area contributed by atoms with Crippen LogP contribution in [0.15, 0.2) is 18.2 Å². The van der Waals surface area contributed by atoms with Crippen LogP contribution >= 0.6 is 11.6 Å². The minimum absolute atomic E-state index is 0.0153. The molecule has 0 aliphatic heterocycles. The third-order valence-electron chi connectivity index (χ3n) is 2.55. The fourth-order valence-corrected chi connectivity index (χ4v) is 2.04. The zero-order valence-electron chi connectivity index (χ0n) is 10.2. The van der Waals surface area contributed by atoms with E-state index in [9.17, 15) is 9.90 Å². The highest BCUT2D eigenvalue weighted by Gasteiger charge is 2.24. The van der Waals surface area contributed by atoms with Crippen LogP contribution in [-0.2, 0) is 4.79 Å². The van der Waals surface area contributed by atoms with Crippen LogP contribution in [0.3, 0.4) is 0 Å². The number of carboxylic acids is 1. The van der Waals surface area contributed by atoms with Gasteiger partial charge in [0.25, 0.3) is 0 Å². The molecule has 1 N–H and O–H groups in total. The Labute approximate surface area is 106 Å². The van der Waals surface area contributed by atoms with Crippen LogP contribution in [0, 0.1) is 5.92 Å². The molecule has 0 aliphatic carbocycles. The van der Waals surface area contributed by atoms with E-state index in [0.717, 1.165) is 0 Å². The first kappa shape index (κ1) is 13.8. The Morgan fingerprint density at radius 2 is 2.12 bits per heavy atom. The first-order valence-electron chi connectivity index (χ1n) is 5.62. The Hall–Kier alpha value is -1.22. The smallest absolute Gasteiger partial charge is 0.311 e. The van der Waals surface area contributed by atoms with E-state index in [1.165, 1.54) is 0 Å². The molecule has 0 aliphatic rings. The summed E-state index contributed by atoms with van der Waals surface area (Å²) < 4.78 is 5.31. The number of carbonyl (C=O) groups is 1. The topological polar surface area (TPSA) is 46.5 Å². The molecule has 0 saturated heterocycles. The van der Waals surface area contributed by atoms with Crippen molar-refractivity contribution in [1.29, 1.82) is 0 Å². The summed E-state index contributed by atoms with van der Waals surface area (Å²) in [5.74, 6) is -0.768. The van der Waals surface area contributed by atoms with Gasteiger partial charge in [-0.05, 0) is 30.5 Å². The van der Waals surface area contributed by atoms with E-state index in [-0.39, 0.29) is 5.92 Å². The normalized spacial score (nSPS) is 12.5. The van der Waals surface area contributed by atoms with Crippen molar-refractivity contribution in [3.63, 3.8) is 0 Å². The molecular formula is C13H17ClO3. The van der Waals surface area contributed by atoms with E-state index in [0.29, 0.717) is 22.9 Å². The van der Waals surface area contributed by atoms with Crippen molar-refractivity contribution in [2.24, 2.45) is 5.92 Å². The maximum absolute atomic E-state index is 11.2. The Kier molecular flexibility index (Phi) is 4.82. The molecule has 0 radical (unpaired) electrons. The van der Waals surface area contributed by atoms with Crippen LogP contribution in [-0.4, -0.2) is 17.7 Å². The number of hydrogen-bond donors (Lipinski definition) is 1. The minimum Gasteiger partial charge on any atom is -0.492 e. The van der Waals surface area contributed by atoms with Gasteiger partial charge in [0.15, 0.2) is 0 Å². The molecule has 1 rings (SSSR count). The summed E-state index contributed by atoms with van der Waals surface area (Å²) in [7, 11) is 0. The number of hydrogen-bond acceptors (Lipinski definition) is 2. The molecule has 0 aromatic heterocycles. The predicted octanol–water partition coefficient (Wildman–Crippen LogP) is 3.56. The SMILES string of the molecule is CCOc1ccc(C(C(=O)O)C(C)C)cc1Cl. The fourth-order valence-electron chi connectivity index (χ4n) is 1.80. The molecule has 4 heteroatoms. The van der Waals surface area contributed by atoms with Gasteiger partial charge < -0.3 is 9.84 Å². The lowest BCUT2D eigenvalue weighted by atomic mass is 9.88. The highest BCUT2D eigenvalue weighted by atomic mass is 35.5. The summed E-state index contributed by atoms with van der Waals surface area (Å²) in [5.41, 5.74) is 0.709. The Bertz CT molecular complexity index is 402. The average Bonchev–Trinajstić information content (AvgIpc) is 2.21. The van der Waals surface area contributed by atoms with Gasteiger partial charge in [-0.1, -0.05) is 31.5 Å². The molecule has 1 unspecified atom stereocenters. The van der Waals surface area contributed by atoms with Gasteiger partial charge in [-0.2, -0.15) is 0 Å². The van der Waals surface area contributed by atoms with Crippen molar-refractivity contribution in [1.82, 2.24) is 0 Å². The van der Waals surface area contributed by atoms with E-state index < -0.39 is 11.9 Å². The van der Waals surface area contributed by atoms with Gasteiger partial charge in [-0.3, -0.25) is 4.79 Å². The molecule has 1 aromatic carbocycles. The monoisotopic (exact) mass is 256 g/mol. The summed E-state index contributed by atoms with van der Waals surface area (Å²) in [6.45, 7) is 6.16. The molecule has 1 atom stereocenters. The molecular weight excluding hydrogens is 240 g/mol. The highest BCUT2D eigenvalue weighted by molar-refractivity contribution is 6.32. The van der Waals surface area contributed by atoms with E-state index in [1.807, 2.05) is 20.8 Å². The second-order valence-corrected chi connectivity index (χ2v) is 4.59. The van der Waals surface area contributed by atoms with Crippen LogP contribution in [0.25, 0.3) is 0 Å². The second-order valence-electron chi connectivity index (χ2n) is 4.18. The van der Waals surface area contributed by atoms with Crippen LogP contribution in [0.4, 0.5) is 0 Å². The Balaban J connectivity index is 3.06. The van der Waals surface area contributed by atoms with Crippen LogP contribution < -0.4 is 4.74 Å². The molecule has 0 bridgehead atoms. The fraction of sp³-hybridized carbons (Fsp3) is 0.462. The van der Waals surface area contributed by atoms with Crippen molar-refractivity contribution in [2.45, 2.75) is 26.7 Å². The molecule has 0 amide bonds. The molecule has 17 heavy (non-hydrogen) atoms. The number of benzene rings is 1. The molecule has 0 heterocycles. The summed E-state index contributed by atoms with van der Waals surface area (Å²) in [6, 6.07) is 5.15. The second kappa shape index (κ2) is 5.92. The molecule has 0 spiro atoms. The number of aliphatic carboxylic acids is 1. The summed E-state index contributed by atoms with van der Waals surface area (Å²) >= 11 is 6.04. The maximum atomic E-state index is 11.2. The Morgan fingerprint density at radius 1 is 1.47 bits per heavy atom. The van der Waals surface area contributed by atoms with Crippen molar-refractivity contribution >= 4 is 17.6 Å². The lowest BCUT2D eigenvalue weighted by Gasteiger charge is -2.17. The van der Waals surface area contributed by atoms with Gasteiger partial charge in [0.2, 0.25) is 0 Å². The van der Waals surface area contributed by atoms with Crippen molar-refractivity contribution < 1.29 is 14.6 Å². The molecule has 94 valence electrons. The van der Waals surface area contributed by atoms with Crippen LogP contribution in [0.5, 0.6) is 5.75 Å². The zero-order chi connectivity index (χ0) is 13.0. The van der Waals surface area contributed by atoms with Crippen molar-refractivity contribution in [3.05, 3.63) is 28.8 Å². The summed E-state index contributed by atoms with van der Waals surface area (Å²) in [5, 5.41) is 9.64. The third kappa shape index (κ3) is 3.37. The van der Waals surface area contributed by atoms with Crippen molar-refractivity contribution in [3.8, 4) is 5.75 Å². The van der Waals surface area contributed by atoms with E-state index in [4.69, 9.17) is 16.3 Å². The number of ether oxygens (including phenoxy) is 1. The first-order chi connectivity index (χ1) is 7.97. The van der Waals surface area contributed by atoms with Crippen LogP contribution in [0.2, 0.25) is 5.02 Å². The molecule has 0 fully saturated rings. The minimum atomic E-state index is -0.833. The molecule has 3 nitrogen and oxygen atoms in total. The van der Waals surface area contributed by atoms with Gasteiger partial charge in [0.05, 0.1) is 17.5 Å². The van der Waals surface area contributed by atoms with Crippen LogP contribution in [0.1, 0.15) is 32.3 Å². The summed E-state index contributed by atoms with van der Waals surface area (Å²) in [4.78, 5) is 11.2. The lowest BCUT2D eigenvalue weighted by Crippen LogP contribution is -2.17. The lowest BCUT2D eigenvalue weighted by molar-refractivity contribution is -0.139. The quantitative estimate of drug-likeness (QED) is 0.876. The number of carboxylic acid groups (broad SMARTS) is 1. The van der Waals surface area contributed by atoms with E-state index >= 15 is 0 Å². The standard InChI is InChI=1S/C13H17ClO3/c1-4-17-11-6-5-9(7-10(11)14)12(8(2)3)13(15)16/h5-8,12H,4H2,1-3H3,(H,15,16). The molecule has 1 aromatic rings. The van der Waals surface area contributed by atoms with Gasteiger partial charge in [-0.25, -0.2) is 0 Å². The maximum Gasteiger partial charge on any atom is 0.311 e. The first-order valence-corrected chi connectivity index (χ1v) is 6.00. The predicted molar refractivity (Wildman–Crippen MR) is 67.8 cm³/mol. The van der Waals surface area contributed by atoms with Gasteiger partial charge in [0.1, 0.15) is 5.75 Å². The number of rotatable bonds is 5.